The Hall–Kier alpha value is -3.10. The number of fused-ring (bicyclic) bond motifs is 4. The molecule has 2 aliphatic rings. The molecule has 2 N–H and O–H groups in total. The Bertz CT molecular complexity index is 1200. The van der Waals surface area contributed by atoms with Crippen molar-refractivity contribution in [3.8, 4) is 5.75 Å². The number of carbonyl (C=O) groups is 1. The zero-order valence-electron chi connectivity index (χ0n) is 20.3. The molecule has 2 aromatic heterocycles. The molecular weight excluding hydrogens is 430 g/mol. The van der Waals surface area contributed by atoms with E-state index in [0.29, 0.717) is 19.6 Å². The summed E-state index contributed by atoms with van der Waals surface area (Å²) in [4.78, 5) is 21.3. The monoisotopic (exact) mass is 463 g/mol. The number of aromatic nitrogens is 2. The predicted octanol–water partition coefficient (Wildman–Crippen LogP) is 2.80. The number of likely N-dealkylation sites (tertiary alicyclic amines) is 1. The van der Waals surface area contributed by atoms with Crippen LogP contribution in [0.3, 0.4) is 0 Å². The van der Waals surface area contributed by atoms with Gasteiger partial charge in [0.1, 0.15) is 5.75 Å². The lowest BCUT2D eigenvalue weighted by Crippen LogP contribution is -2.69. The van der Waals surface area contributed by atoms with Crippen LogP contribution in [0.1, 0.15) is 36.7 Å². The van der Waals surface area contributed by atoms with Gasteiger partial charge in [0.2, 0.25) is 0 Å². The maximum absolute atomic E-state index is 12.8. The third-order valence-corrected chi connectivity index (χ3v) is 7.21. The number of rotatable bonds is 5. The molecule has 1 saturated heterocycles. The van der Waals surface area contributed by atoms with Crippen LogP contribution in [-0.4, -0.2) is 69.9 Å². The quantitative estimate of drug-likeness (QED) is 0.608. The Kier molecular flexibility index (Phi) is 5.73. The van der Waals surface area contributed by atoms with Gasteiger partial charge in [0.25, 0.3) is 0 Å². The fourth-order valence-electron chi connectivity index (χ4n) is 5.78. The SMILES string of the molecule is COc1ccc2c3c(n(C)c2c1)[C@@H](CO)N(Cc1cccnc1)CC31CN(C(=O)NC(C)C)C1. The summed E-state index contributed by atoms with van der Waals surface area (Å²) in [5.74, 6) is 0.804. The van der Waals surface area contributed by atoms with Crippen molar-refractivity contribution >= 4 is 16.9 Å². The standard InChI is InChI=1S/C26H33N5O3/c1-17(2)28-25(33)31-15-26(16-31)14-30(12-18-6-5-9-27-11-18)22(13-32)24-23(26)20-8-7-19(34-4)10-21(20)29(24)3/h5-11,17,22,32H,12-16H2,1-4H3,(H,28,33)/t22-/m1/s1. The van der Waals surface area contributed by atoms with E-state index < -0.39 is 0 Å². The third kappa shape index (κ3) is 3.61. The smallest absolute Gasteiger partial charge is 0.317 e. The number of hydrogen-bond donors (Lipinski definition) is 2. The number of aryl methyl sites for hydroxylation is 1. The molecule has 1 fully saturated rings. The molecular formula is C26H33N5O3. The average Bonchev–Trinajstić information content (AvgIpc) is 3.09. The van der Waals surface area contributed by atoms with Gasteiger partial charge >= 0.3 is 6.03 Å². The molecule has 180 valence electrons. The first-order chi connectivity index (χ1) is 16.4. The Balaban J connectivity index is 1.60. The highest BCUT2D eigenvalue weighted by molar-refractivity contribution is 5.89. The first kappa shape index (κ1) is 22.7. The molecule has 8 heteroatoms. The van der Waals surface area contributed by atoms with Crippen LogP contribution >= 0.6 is 0 Å². The number of pyridine rings is 1. The topological polar surface area (TPSA) is 82.9 Å². The van der Waals surface area contributed by atoms with Crippen molar-refractivity contribution in [3.05, 3.63) is 59.5 Å². The molecule has 0 bridgehead atoms. The molecule has 0 saturated carbocycles. The molecule has 2 aliphatic heterocycles. The van der Waals surface area contributed by atoms with E-state index in [0.717, 1.165) is 29.1 Å². The molecule has 0 radical (unpaired) electrons. The Morgan fingerprint density at radius 1 is 1.29 bits per heavy atom. The maximum atomic E-state index is 12.8. The van der Waals surface area contributed by atoms with E-state index in [9.17, 15) is 9.90 Å². The number of nitrogens with zero attached hydrogens (tertiary/aromatic N) is 4. The molecule has 8 nitrogen and oxygen atoms in total. The van der Waals surface area contributed by atoms with Gasteiger partial charge in [-0.3, -0.25) is 9.88 Å². The van der Waals surface area contributed by atoms with Gasteiger partial charge < -0.3 is 24.6 Å². The number of methoxy groups -OCH3 is 1. The number of urea groups is 1. The maximum Gasteiger partial charge on any atom is 0.317 e. The van der Waals surface area contributed by atoms with Gasteiger partial charge in [-0.25, -0.2) is 4.79 Å². The van der Waals surface area contributed by atoms with E-state index in [1.54, 1.807) is 13.3 Å². The van der Waals surface area contributed by atoms with E-state index in [1.807, 2.05) is 37.1 Å². The van der Waals surface area contributed by atoms with E-state index in [-0.39, 0.29) is 30.1 Å². The summed E-state index contributed by atoms with van der Waals surface area (Å²) in [6.07, 6.45) is 3.66. The Morgan fingerprint density at radius 2 is 2.09 bits per heavy atom. The second kappa shape index (κ2) is 8.60. The number of hydrogen-bond acceptors (Lipinski definition) is 5. The summed E-state index contributed by atoms with van der Waals surface area (Å²) in [6, 6.07) is 10.1. The van der Waals surface area contributed by atoms with Crippen LogP contribution in [0.25, 0.3) is 10.9 Å². The van der Waals surface area contributed by atoms with Crippen molar-refractivity contribution in [2.45, 2.75) is 37.9 Å². The van der Waals surface area contributed by atoms with E-state index >= 15 is 0 Å². The summed E-state index contributed by atoms with van der Waals surface area (Å²) in [7, 11) is 3.74. The highest BCUT2D eigenvalue weighted by Crippen LogP contribution is 2.49. The van der Waals surface area contributed by atoms with Gasteiger partial charge in [-0.1, -0.05) is 6.07 Å². The molecule has 2 amide bonds. The zero-order valence-corrected chi connectivity index (χ0v) is 20.3. The number of amides is 2. The van der Waals surface area contributed by atoms with Gasteiger partial charge in [0.15, 0.2) is 0 Å². The van der Waals surface area contributed by atoms with Crippen LogP contribution in [0, 0.1) is 0 Å². The second-order valence-corrected chi connectivity index (χ2v) is 9.91. The minimum absolute atomic E-state index is 0.0161. The lowest BCUT2D eigenvalue weighted by molar-refractivity contribution is 0.00818. The minimum Gasteiger partial charge on any atom is -0.497 e. The zero-order chi connectivity index (χ0) is 24.0. The van der Waals surface area contributed by atoms with Gasteiger partial charge in [-0.15, -0.1) is 0 Å². The number of carbonyl (C=O) groups excluding carboxylic acids is 1. The van der Waals surface area contributed by atoms with Crippen molar-refractivity contribution in [3.63, 3.8) is 0 Å². The second-order valence-electron chi connectivity index (χ2n) is 9.91. The van der Waals surface area contributed by atoms with E-state index in [2.05, 4.69) is 45.0 Å². The van der Waals surface area contributed by atoms with Crippen molar-refractivity contribution in [2.75, 3.05) is 33.4 Å². The number of nitrogens with one attached hydrogen (secondary N) is 1. The summed E-state index contributed by atoms with van der Waals surface area (Å²) in [5, 5.41) is 14.8. The van der Waals surface area contributed by atoms with Crippen LogP contribution in [0.5, 0.6) is 5.75 Å². The summed E-state index contributed by atoms with van der Waals surface area (Å²) >= 11 is 0. The summed E-state index contributed by atoms with van der Waals surface area (Å²) < 4.78 is 7.70. The lowest BCUT2D eigenvalue weighted by atomic mass is 9.68. The minimum atomic E-state index is -0.203. The molecule has 4 heterocycles. The van der Waals surface area contributed by atoms with Gasteiger partial charge in [-0.2, -0.15) is 0 Å². The predicted molar refractivity (Wildman–Crippen MR) is 131 cm³/mol. The molecule has 1 atom stereocenters. The van der Waals surface area contributed by atoms with Crippen molar-refractivity contribution in [1.82, 2.24) is 24.7 Å². The van der Waals surface area contributed by atoms with E-state index in [4.69, 9.17) is 4.74 Å². The average molecular weight is 464 g/mol. The van der Waals surface area contributed by atoms with Crippen molar-refractivity contribution in [1.29, 1.82) is 0 Å². The fourth-order valence-corrected chi connectivity index (χ4v) is 5.78. The van der Waals surface area contributed by atoms with E-state index in [1.165, 1.54) is 10.9 Å². The van der Waals surface area contributed by atoms with Crippen molar-refractivity contribution in [2.24, 2.45) is 7.05 Å². The summed E-state index contributed by atoms with van der Waals surface area (Å²) in [6.45, 7) is 6.70. The van der Waals surface area contributed by atoms with Crippen LogP contribution in [0.4, 0.5) is 4.79 Å². The van der Waals surface area contributed by atoms with Crippen LogP contribution in [0.2, 0.25) is 0 Å². The highest BCUT2D eigenvalue weighted by Gasteiger charge is 2.54. The normalized spacial score (nSPS) is 19.4. The van der Waals surface area contributed by atoms with Gasteiger partial charge in [-0.05, 0) is 43.2 Å². The van der Waals surface area contributed by atoms with Crippen LogP contribution < -0.4 is 10.1 Å². The van der Waals surface area contributed by atoms with Crippen molar-refractivity contribution < 1.29 is 14.6 Å². The van der Waals surface area contributed by atoms with Gasteiger partial charge in [0.05, 0.1) is 25.3 Å². The largest absolute Gasteiger partial charge is 0.497 e. The van der Waals surface area contributed by atoms with Crippen LogP contribution in [0.15, 0.2) is 42.7 Å². The molecule has 0 unspecified atom stereocenters. The molecule has 34 heavy (non-hydrogen) atoms. The molecule has 1 spiro atoms. The summed E-state index contributed by atoms with van der Waals surface area (Å²) in [5.41, 5.74) is 4.35. The van der Waals surface area contributed by atoms with Gasteiger partial charge in [0, 0.05) is 74.2 Å². The Labute approximate surface area is 200 Å². The number of aliphatic hydroxyl groups excluding tert-OH is 1. The molecule has 3 aromatic rings. The number of aliphatic hydroxyl groups is 1. The molecule has 1 aromatic carbocycles. The first-order valence-corrected chi connectivity index (χ1v) is 11.8. The first-order valence-electron chi connectivity index (χ1n) is 11.8. The number of ether oxygens (including phenoxy) is 1. The highest BCUT2D eigenvalue weighted by atomic mass is 16.5. The molecule has 5 rings (SSSR count). The van der Waals surface area contributed by atoms with Crippen LogP contribution in [-0.2, 0) is 19.0 Å². The molecule has 0 aliphatic carbocycles. The number of benzene rings is 1. The lowest BCUT2D eigenvalue weighted by Gasteiger charge is -2.56. The fraction of sp³-hybridized carbons (Fsp3) is 0.462. The third-order valence-electron chi connectivity index (χ3n) is 7.21. The Morgan fingerprint density at radius 3 is 2.74 bits per heavy atom.